The van der Waals surface area contributed by atoms with Gasteiger partial charge in [0, 0.05) is 6.54 Å². The fourth-order valence-electron chi connectivity index (χ4n) is 2.02. The fraction of sp³-hybridized carbons (Fsp3) is 0.462. The Kier molecular flexibility index (Phi) is 4.49. The van der Waals surface area contributed by atoms with Crippen molar-refractivity contribution in [3.63, 3.8) is 0 Å². The summed E-state index contributed by atoms with van der Waals surface area (Å²) in [7, 11) is 0. The second kappa shape index (κ2) is 5.91. The highest BCUT2D eigenvalue weighted by molar-refractivity contribution is 6.42. The number of carbonyl (C=O) groups is 1. The maximum absolute atomic E-state index is 11.7. The third kappa shape index (κ3) is 3.61. The van der Waals surface area contributed by atoms with Gasteiger partial charge >= 0.3 is 0 Å². The molecule has 1 amide bonds. The van der Waals surface area contributed by atoms with Crippen LogP contribution in [0.5, 0.6) is 0 Å². The molecule has 1 aromatic rings. The van der Waals surface area contributed by atoms with Crippen LogP contribution in [0.4, 0.5) is 0 Å². The number of hydrogen-bond donors (Lipinski definition) is 2. The minimum atomic E-state index is -0.179. The van der Waals surface area contributed by atoms with E-state index in [1.807, 2.05) is 0 Å². The van der Waals surface area contributed by atoms with Crippen LogP contribution < -0.4 is 5.32 Å². The molecule has 5 heteroatoms. The molecule has 0 bridgehead atoms. The molecule has 3 nitrogen and oxygen atoms in total. The number of benzene rings is 1. The smallest absolute Gasteiger partial charge is 0.224 e. The maximum Gasteiger partial charge on any atom is 0.224 e. The molecule has 1 aliphatic rings. The van der Waals surface area contributed by atoms with Crippen LogP contribution in [0.2, 0.25) is 10.0 Å². The first-order chi connectivity index (χ1) is 8.54. The van der Waals surface area contributed by atoms with E-state index in [1.54, 1.807) is 18.2 Å². The van der Waals surface area contributed by atoms with Gasteiger partial charge < -0.3 is 10.4 Å². The number of aliphatic hydroxyl groups excluding tert-OH is 1. The predicted molar refractivity (Wildman–Crippen MR) is 71.9 cm³/mol. The average Bonchev–Trinajstić information content (AvgIpc) is 2.28. The molecule has 0 spiro atoms. The van der Waals surface area contributed by atoms with Gasteiger partial charge in [0.1, 0.15) is 0 Å². The van der Waals surface area contributed by atoms with Gasteiger partial charge in [0.2, 0.25) is 5.91 Å². The number of halogens is 2. The molecule has 0 saturated heterocycles. The molecule has 0 aliphatic heterocycles. The molecule has 2 rings (SSSR count). The predicted octanol–water partition coefficient (Wildman–Crippen LogP) is 2.42. The minimum Gasteiger partial charge on any atom is -0.393 e. The molecule has 1 saturated carbocycles. The van der Waals surface area contributed by atoms with Crippen LogP contribution in [0.25, 0.3) is 0 Å². The quantitative estimate of drug-likeness (QED) is 0.894. The van der Waals surface area contributed by atoms with Gasteiger partial charge in [-0.25, -0.2) is 0 Å². The molecular weight excluding hydrogens is 273 g/mol. The highest BCUT2D eigenvalue weighted by Gasteiger charge is 2.27. The first-order valence-corrected chi connectivity index (χ1v) is 6.69. The van der Waals surface area contributed by atoms with Gasteiger partial charge in [-0.1, -0.05) is 29.3 Å². The SMILES string of the molecule is O=C(Cc1ccc(Cl)c(Cl)c1)NCC1CC(O)C1. The Hall–Kier alpha value is -0.770. The van der Waals surface area contributed by atoms with Crippen molar-refractivity contribution in [2.24, 2.45) is 5.92 Å². The highest BCUT2D eigenvalue weighted by Crippen LogP contribution is 2.26. The second-order valence-corrected chi connectivity index (χ2v) is 5.53. The zero-order valence-electron chi connectivity index (χ0n) is 9.83. The zero-order valence-corrected chi connectivity index (χ0v) is 11.3. The summed E-state index contributed by atoms with van der Waals surface area (Å²) in [5.74, 6) is 0.382. The van der Waals surface area contributed by atoms with E-state index < -0.39 is 0 Å². The Morgan fingerprint density at radius 2 is 2.06 bits per heavy atom. The lowest BCUT2D eigenvalue weighted by atomic mass is 9.82. The molecule has 1 aliphatic carbocycles. The van der Waals surface area contributed by atoms with Gasteiger partial charge in [-0.15, -0.1) is 0 Å². The van der Waals surface area contributed by atoms with Crippen molar-refractivity contribution in [1.29, 1.82) is 0 Å². The summed E-state index contributed by atoms with van der Waals surface area (Å²) in [6.45, 7) is 0.636. The van der Waals surface area contributed by atoms with Crippen molar-refractivity contribution in [2.45, 2.75) is 25.4 Å². The number of hydrogen-bond acceptors (Lipinski definition) is 2. The molecule has 0 unspecified atom stereocenters. The molecule has 1 fully saturated rings. The summed E-state index contributed by atoms with van der Waals surface area (Å²) in [6.07, 6.45) is 1.69. The van der Waals surface area contributed by atoms with E-state index in [9.17, 15) is 4.79 Å². The van der Waals surface area contributed by atoms with Gasteiger partial charge in [0.25, 0.3) is 0 Å². The lowest BCUT2D eigenvalue weighted by Gasteiger charge is -2.31. The number of rotatable bonds is 4. The maximum atomic E-state index is 11.7. The Labute approximate surface area is 116 Å². The molecule has 0 heterocycles. The number of nitrogens with one attached hydrogen (secondary N) is 1. The Bertz CT molecular complexity index is 445. The van der Waals surface area contributed by atoms with Crippen LogP contribution in [0.1, 0.15) is 18.4 Å². The van der Waals surface area contributed by atoms with Crippen LogP contribution in [-0.2, 0) is 11.2 Å². The molecule has 1 aromatic carbocycles. The second-order valence-electron chi connectivity index (χ2n) is 4.72. The zero-order chi connectivity index (χ0) is 13.1. The van der Waals surface area contributed by atoms with Crippen molar-refractivity contribution >= 4 is 29.1 Å². The minimum absolute atomic E-state index is 0.0326. The van der Waals surface area contributed by atoms with Gasteiger partial charge in [-0.3, -0.25) is 4.79 Å². The van der Waals surface area contributed by atoms with E-state index in [1.165, 1.54) is 0 Å². The van der Waals surface area contributed by atoms with Crippen molar-refractivity contribution in [3.05, 3.63) is 33.8 Å². The van der Waals surface area contributed by atoms with Crippen molar-refractivity contribution in [1.82, 2.24) is 5.32 Å². The van der Waals surface area contributed by atoms with Crippen LogP contribution in [0, 0.1) is 5.92 Å². The first-order valence-electron chi connectivity index (χ1n) is 5.93. The van der Waals surface area contributed by atoms with E-state index in [4.69, 9.17) is 28.3 Å². The largest absolute Gasteiger partial charge is 0.393 e. The van der Waals surface area contributed by atoms with E-state index in [-0.39, 0.29) is 12.0 Å². The van der Waals surface area contributed by atoms with E-state index in [0.717, 1.165) is 18.4 Å². The molecule has 0 atom stereocenters. The topological polar surface area (TPSA) is 49.3 Å². The molecule has 0 aromatic heterocycles. The summed E-state index contributed by atoms with van der Waals surface area (Å²) >= 11 is 11.7. The summed E-state index contributed by atoms with van der Waals surface area (Å²) in [6, 6.07) is 5.19. The Morgan fingerprint density at radius 3 is 2.67 bits per heavy atom. The monoisotopic (exact) mass is 287 g/mol. The summed E-state index contributed by atoms with van der Waals surface area (Å²) in [5.41, 5.74) is 0.843. The average molecular weight is 288 g/mol. The normalized spacial score (nSPS) is 22.4. The Balaban J connectivity index is 1.78. The molecule has 18 heavy (non-hydrogen) atoms. The van der Waals surface area contributed by atoms with Gasteiger partial charge in [0.15, 0.2) is 0 Å². The number of carbonyl (C=O) groups excluding carboxylic acids is 1. The van der Waals surface area contributed by atoms with Gasteiger partial charge in [0.05, 0.1) is 22.6 Å². The Morgan fingerprint density at radius 1 is 1.33 bits per heavy atom. The van der Waals surface area contributed by atoms with E-state index >= 15 is 0 Å². The number of aliphatic hydroxyl groups is 1. The van der Waals surface area contributed by atoms with E-state index in [0.29, 0.717) is 28.9 Å². The van der Waals surface area contributed by atoms with Crippen molar-refractivity contribution < 1.29 is 9.90 Å². The fourth-order valence-corrected chi connectivity index (χ4v) is 2.34. The summed E-state index contributed by atoms with van der Waals surface area (Å²) in [4.78, 5) is 11.7. The van der Waals surface area contributed by atoms with E-state index in [2.05, 4.69) is 5.32 Å². The first kappa shape index (κ1) is 13.7. The third-order valence-corrected chi connectivity index (χ3v) is 3.89. The standard InChI is InChI=1S/C13H15Cl2NO2/c14-11-2-1-8(5-12(11)15)6-13(18)16-7-9-3-10(17)4-9/h1-2,5,9-10,17H,3-4,6-7H2,(H,16,18). The third-order valence-electron chi connectivity index (χ3n) is 3.15. The molecule has 0 radical (unpaired) electrons. The lowest BCUT2D eigenvalue weighted by Crippen LogP contribution is -2.38. The van der Waals surface area contributed by atoms with Crippen LogP contribution in [0.3, 0.4) is 0 Å². The van der Waals surface area contributed by atoms with Crippen LogP contribution in [-0.4, -0.2) is 23.7 Å². The van der Waals surface area contributed by atoms with Gasteiger partial charge in [-0.2, -0.15) is 0 Å². The molecule has 98 valence electrons. The summed E-state index contributed by atoms with van der Waals surface area (Å²) in [5, 5.41) is 12.9. The van der Waals surface area contributed by atoms with Gasteiger partial charge in [-0.05, 0) is 36.5 Å². The van der Waals surface area contributed by atoms with Crippen molar-refractivity contribution in [3.8, 4) is 0 Å². The molecular formula is C13H15Cl2NO2. The highest BCUT2D eigenvalue weighted by atomic mass is 35.5. The lowest BCUT2D eigenvalue weighted by molar-refractivity contribution is -0.121. The van der Waals surface area contributed by atoms with Crippen molar-refractivity contribution in [2.75, 3.05) is 6.54 Å². The van der Waals surface area contributed by atoms with Crippen LogP contribution >= 0.6 is 23.2 Å². The number of amides is 1. The van der Waals surface area contributed by atoms with Crippen LogP contribution in [0.15, 0.2) is 18.2 Å². The summed E-state index contributed by atoms with van der Waals surface area (Å²) < 4.78 is 0. The molecule has 2 N–H and O–H groups in total.